The van der Waals surface area contributed by atoms with Gasteiger partial charge in [0.05, 0.1) is 4.90 Å². The van der Waals surface area contributed by atoms with Crippen LogP contribution in [0.25, 0.3) is 0 Å². The van der Waals surface area contributed by atoms with Crippen LogP contribution in [-0.4, -0.2) is 8.42 Å². The van der Waals surface area contributed by atoms with Crippen LogP contribution in [0.5, 0.6) is 0 Å². The number of primary sulfonamides is 1. The van der Waals surface area contributed by atoms with Crippen molar-refractivity contribution in [2.45, 2.75) is 24.2 Å². The molecule has 0 heterocycles. The summed E-state index contributed by atoms with van der Waals surface area (Å²) in [6.07, 6.45) is 0. The summed E-state index contributed by atoms with van der Waals surface area (Å²) in [5.74, 6) is 0. The Morgan fingerprint density at radius 1 is 0.857 bits per heavy atom. The number of sulfonamides is 1. The first-order valence-electron chi connectivity index (χ1n) is 6.01. The molecule has 0 bridgehead atoms. The average Bonchev–Trinajstić information content (AvgIpc) is 2.39. The van der Waals surface area contributed by atoms with Gasteiger partial charge in [-0.1, -0.05) is 56.3 Å². The lowest BCUT2D eigenvalue weighted by Gasteiger charge is -2.26. The molecule has 0 aliphatic heterocycles. The molecule has 2 rings (SSSR count). The minimum absolute atomic E-state index is 0. The number of benzene rings is 2. The fraction of sp³-hybridized carbons (Fsp3) is 0.200. The second kappa shape index (κ2) is 7.27. The molecule has 21 heavy (non-hydrogen) atoms. The lowest BCUT2D eigenvalue weighted by Crippen LogP contribution is -2.20. The van der Waals surface area contributed by atoms with E-state index in [1.807, 2.05) is 36.4 Å². The Labute approximate surface area is 138 Å². The molecule has 0 spiro atoms. The van der Waals surface area contributed by atoms with E-state index in [9.17, 15) is 8.42 Å². The van der Waals surface area contributed by atoms with Gasteiger partial charge in [-0.3, -0.25) is 0 Å². The van der Waals surface area contributed by atoms with E-state index in [-0.39, 0.29) is 35.1 Å². The molecule has 0 amide bonds. The highest BCUT2D eigenvalue weighted by atomic mass is 35.5. The number of nitrogens with two attached hydrogens (primary N) is 1. The van der Waals surface area contributed by atoms with E-state index in [0.29, 0.717) is 0 Å². The van der Waals surface area contributed by atoms with Crippen molar-refractivity contribution in [3.8, 4) is 0 Å². The van der Waals surface area contributed by atoms with Gasteiger partial charge in [-0.2, -0.15) is 0 Å². The smallest absolute Gasteiger partial charge is 0.225 e. The van der Waals surface area contributed by atoms with Gasteiger partial charge in [0.2, 0.25) is 10.0 Å². The highest BCUT2D eigenvalue weighted by Crippen LogP contribution is 2.32. The SMILES string of the molecule is CC(C)(c1ccccc1)c1cccc(S(N)(=O)=O)c1.Cl.Cl. The topological polar surface area (TPSA) is 60.2 Å². The molecule has 0 saturated heterocycles. The van der Waals surface area contributed by atoms with E-state index in [1.165, 1.54) is 6.07 Å². The monoisotopic (exact) mass is 347 g/mol. The molecule has 0 atom stereocenters. The third-order valence-corrected chi connectivity index (χ3v) is 4.29. The van der Waals surface area contributed by atoms with Crippen LogP contribution in [0.1, 0.15) is 25.0 Å². The Morgan fingerprint density at radius 3 is 1.90 bits per heavy atom. The summed E-state index contributed by atoms with van der Waals surface area (Å²) in [5.41, 5.74) is 1.77. The van der Waals surface area contributed by atoms with Crippen molar-refractivity contribution in [3.63, 3.8) is 0 Å². The van der Waals surface area contributed by atoms with Gasteiger partial charge < -0.3 is 0 Å². The summed E-state index contributed by atoms with van der Waals surface area (Å²) >= 11 is 0. The number of hydrogen-bond donors (Lipinski definition) is 1. The van der Waals surface area contributed by atoms with Crippen LogP contribution in [-0.2, 0) is 15.4 Å². The molecule has 0 saturated carbocycles. The summed E-state index contributed by atoms with van der Waals surface area (Å²) in [6.45, 7) is 4.12. The Bertz CT molecular complexity index is 686. The van der Waals surface area contributed by atoms with Crippen molar-refractivity contribution in [3.05, 3.63) is 65.7 Å². The Morgan fingerprint density at radius 2 is 1.38 bits per heavy atom. The summed E-state index contributed by atoms with van der Waals surface area (Å²) in [4.78, 5) is 0.147. The van der Waals surface area contributed by atoms with Crippen LogP contribution in [0.15, 0.2) is 59.5 Å². The van der Waals surface area contributed by atoms with Crippen molar-refractivity contribution >= 4 is 34.8 Å². The first kappa shape index (κ1) is 19.9. The average molecular weight is 348 g/mol. The Kier molecular flexibility index (Phi) is 6.90. The maximum atomic E-state index is 11.4. The van der Waals surface area contributed by atoms with Crippen molar-refractivity contribution < 1.29 is 8.42 Å². The molecule has 2 N–H and O–H groups in total. The summed E-state index contributed by atoms with van der Waals surface area (Å²) < 4.78 is 22.9. The van der Waals surface area contributed by atoms with E-state index >= 15 is 0 Å². The van der Waals surface area contributed by atoms with Gasteiger partial charge in [0.25, 0.3) is 0 Å². The minimum atomic E-state index is -3.67. The molecule has 116 valence electrons. The lowest BCUT2D eigenvalue weighted by molar-refractivity contribution is 0.596. The number of halogens is 2. The molecule has 0 fully saturated rings. The van der Waals surface area contributed by atoms with Crippen molar-refractivity contribution in [2.24, 2.45) is 5.14 Å². The highest BCUT2D eigenvalue weighted by molar-refractivity contribution is 7.89. The maximum Gasteiger partial charge on any atom is 0.238 e. The minimum Gasteiger partial charge on any atom is -0.225 e. The van der Waals surface area contributed by atoms with E-state index in [4.69, 9.17) is 5.14 Å². The Balaban J connectivity index is 0.00000200. The molecule has 3 nitrogen and oxygen atoms in total. The summed E-state index contributed by atoms with van der Waals surface area (Å²) in [7, 11) is -3.67. The molecule has 0 unspecified atom stereocenters. The van der Waals surface area contributed by atoms with Crippen LogP contribution >= 0.6 is 24.8 Å². The molecule has 2 aromatic rings. The van der Waals surface area contributed by atoms with Crippen LogP contribution < -0.4 is 5.14 Å². The molecule has 0 aliphatic rings. The highest BCUT2D eigenvalue weighted by Gasteiger charge is 2.24. The van der Waals surface area contributed by atoms with Crippen molar-refractivity contribution in [2.75, 3.05) is 0 Å². The maximum absolute atomic E-state index is 11.4. The van der Waals surface area contributed by atoms with Gasteiger partial charge >= 0.3 is 0 Å². The molecule has 0 radical (unpaired) electrons. The molecule has 0 aromatic heterocycles. The number of hydrogen-bond acceptors (Lipinski definition) is 2. The molecule has 6 heteroatoms. The summed E-state index contributed by atoms with van der Waals surface area (Å²) in [6, 6.07) is 16.8. The first-order chi connectivity index (χ1) is 8.82. The predicted molar refractivity (Wildman–Crippen MR) is 90.9 cm³/mol. The van der Waals surface area contributed by atoms with Crippen molar-refractivity contribution in [1.82, 2.24) is 0 Å². The quantitative estimate of drug-likeness (QED) is 0.923. The van der Waals surface area contributed by atoms with Crippen LogP contribution in [0.3, 0.4) is 0 Å². The largest absolute Gasteiger partial charge is 0.238 e. The fourth-order valence-electron chi connectivity index (χ4n) is 2.08. The van der Waals surface area contributed by atoms with Gasteiger partial charge in [-0.25, -0.2) is 13.6 Å². The van der Waals surface area contributed by atoms with Crippen molar-refractivity contribution in [1.29, 1.82) is 0 Å². The van der Waals surface area contributed by atoms with E-state index < -0.39 is 10.0 Å². The first-order valence-corrected chi connectivity index (χ1v) is 7.55. The zero-order valence-corrected chi connectivity index (χ0v) is 14.3. The number of rotatable bonds is 3. The second-order valence-electron chi connectivity index (χ2n) is 5.06. The normalized spacial score (nSPS) is 11.2. The van der Waals surface area contributed by atoms with Gasteiger partial charge in [-0.15, -0.1) is 24.8 Å². The standard InChI is InChI=1S/C15H17NO2S.2ClH/c1-15(2,12-7-4-3-5-8-12)13-9-6-10-14(11-13)19(16,17)18;;/h3-11H,1-2H3,(H2,16,17,18);2*1H. The van der Waals surface area contributed by atoms with Gasteiger partial charge in [-0.05, 0) is 23.3 Å². The van der Waals surface area contributed by atoms with Crippen LogP contribution in [0.2, 0.25) is 0 Å². The van der Waals surface area contributed by atoms with Crippen LogP contribution in [0.4, 0.5) is 0 Å². The third-order valence-electron chi connectivity index (χ3n) is 3.38. The van der Waals surface area contributed by atoms with E-state index in [1.54, 1.807) is 12.1 Å². The molecular formula is C15H19Cl2NO2S. The zero-order valence-electron chi connectivity index (χ0n) is 11.8. The van der Waals surface area contributed by atoms with Gasteiger partial charge in [0, 0.05) is 5.41 Å². The second-order valence-corrected chi connectivity index (χ2v) is 6.63. The predicted octanol–water partition coefficient (Wildman–Crippen LogP) is 3.50. The Hall–Kier alpha value is -1.07. The van der Waals surface area contributed by atoms with Gasteiger partial charge in [0.15, 0.2) is 0 Å². The van der Waals surface area contributed by atoms with Gasteiger partial charge in [0.1, 0.15) is 0 Å². The van der Waals surface area contributed by atoms with E-state index in [2.05, 4.69) is 13.8 Å². The lowest BCUT2D eigenvalue weighted by atomic mass is 9.78. The molecule has 2 aromatic carbocycles. The van der Waals surface area contributed by atoms with Crippen LogP contribution in [0, 0.1) is 0 Å². The molecular weight excluding hydrogens is 329 g/mol. The summed E-state index contributed by atoms with van der Waals surface area (Å²) in [5, 5.41) is 5.18. The molecule has 0 aliphatic carbocycles. The fourth-order valence-corrected chi connectivity index (χ4v) is 2.64. The zero-order chi connectivity index (χ0) is 14.1. The third kappa shape index (κ3) is 4.45. The van der Waals surface area contributed by atoms with E-state index in [0.717, 1.165) is 11.1 Å².